The second kappa shape index (κ2) is 9.48. The van der Waals surface area contributed by atoms with Crippen LogP contribution in [-0.4, -0.2) is 45.9 Å². The zero-order valence-electron chi connectivity index (χ0n) is 13.2. The Labute approximate surface area is 191 Å². The van der Waals surface area contributed by atoms with E-state index in [0.29, 0.717) is 18.8 Å². The van der Waals surface area contributed by atoms with Crippen LogP contribution in [0.2, 0.25) is 0 Å². The molecule has 3 heterocycles. The van der Waals surface area contributed by atoms with Gasteiger partial charge in [-0.3, -0.25) is 9.98 Å². The lowest BCUT2D eigenvalue weighted by Gasteiger charge is -1.89. The molecular formula is C13H13Br5N8. The van der Waals surface area contributed by atoms with Crippen molar-refractivity contribution in [3.63, 3.8) is 0 Å². The summed E-state index contributed by atoms with van der Waals surface area (Å²) in [5, 5.41) is 16.4. The molecule has 0 spiro atoms. The third-order valence-electron chi connectivity index (χ3n) is 3.37. The number of halogens is 5. The maximum atomic E-state index is 4.15. The minimum Gasteiger partial charge on any atom is -0.252 e. The Kier molecular flexibility index (Phi) is 7.57. The molecule has 0 amide bonds. The molecule has 2 saturated carbocycles. The monoisotopic (exact) mass is 676 g/mol. The van der Waals surface area contributed by atoms with Gasteiger partial charge in [0.25, 0.3) is 0 Å². The first-order chi connectivity index (χ1) is 12.4. The summed E-state index contributed by atoms with van der Waals surface area (Å²) in [6.45, 7) is 0.557. The molecule has 0 N–H and O–H groups in total. The third kappa shape index (κ3) is 6.28. The van der Waals surface area contributed by atoms with Gasteiger partial charge in [0.15, 0.2) is 9.21 Å². The van der Waals surface area contributed by atoms with Crippen molar-refractivity contribution >= 4 is 88.9 Å². The Morgan fingerprint density at radius 1 is 0.731 bits per heavy atom. The minimum absolute atomic E-state index is 0.557. The summed E-state index contributed by atoms with van der Waals surface area (Å²) in [5.74, 6) is 0. The van der Waals surface area contributed by atoms with Crippen LogP contribution in [0.4, 0.5) is 0 Å². The molecule has 5 rings (SSSR count). The molecular weight excluding hydrogens is 668 g/mol. The lowest BCUT2D eigenvalue weighted by atomic mass is 10.8. The van der Waals surface area contributed by atoms with E-state index in [1.807, 2.05) is 0 Å². The predicted octanol–water partition coefficient (Wildman–Crippen LogP) is 5.06. The van der Waals surface area contributed by atoms with Crippen LogP contribution in [0, 0.1) is 0 Å². The number of nitrogens with zero attached hydrogens (tertiary/aromatic N) is 8. The van der Waals surface area contributed by atoms with Gasteiger partial charge in [-0.05, 0) is 105 Å². The van der Waals surface area contributed by atoms with Crippen LogP contribution < -0.4 is 0 Å². The Hall–Kier alpha value is 0.0200. The van der Waals surface area contributed by atoms with Crippen LogP contribution >= 0.6 is 79.6 Å². The van der Waals surface area contributed by atoms with E-state index in [9.17, 15) is 0 Å². The Balaban J connectivity index is 0.000000115. The van der Waals surface area contributed by atoms with Gasteiger partial charge in [0.2, 0.25) is 0 Å². The van der Waals surface area contributed by atoms with Gasteiger partial charge in [0, 0.05) is 0 Å². The Morgan fingerprint density at radius 2 is 1.23 bits per heavy atom. The number of rotatable bonds is 2. The van der Waals surface area contributed by atoms with Crippen molar-refractivity contribution in [2.45, 2.75) is 37.8 Å². The average molecular weight is 681 g/mol. The first-order valence-electron chi connectivity index (χ1n) is 7.69. The standard InChI is InChI=1S/C5H5Br2N3.C5H6BrN3.C3H2Br2N2/c6-4-5(7)9-10(8-4)3-1-2-3;6-5-3-7-9(8-5)4-1-2-4;4-2-3(5)7-1-6-2/h3H,1-2H2;3-4H,1-2H2;1H2. The van der Waals surface area contributed by atoms with Gasteiger partial charge in [-0.15, -0.1) is 15.3 Å². The van der Waals surface area contributed by atoms with Crippen LogP contribution in [0.5, 0.6) is 0 Å². The Bertz CT molecular complexity index is 785. The summed E-state index contributed by atoms with van der Waals surface area (Å²) in [7, 11) is 0. The molecule has 0 saturated heterocycles. The highest BCUT2D eigenvalue weighted by Gasteiger charge is 2.26. The van der Waals surface area contributed by atoms with Gasteiger partial charge in [0.05, 0.1) is 18.3 Å². The highest BCUT2D eigenvalue weighted by atomic mass is 79.9. The molecule has 0 bridgehead atoms. The molecule has 0 radical (unpaired) electrons. The van der Waals surface area contributed by atoms with Crippen LogP contribution in [0.15, 0.2) is 30.0 Å². The van der Waals surface area contributed by atoms with E-state index in [0.717, 1.165) is 23.1 Å². The summed E-state index contributed by atoms with van der Waals surface area (Å²) >= 11 is 16.1. The van der Waals surface area contributed by atoms with Crippen LogP contribution in [-0.2, 0) is 0 Å². The molecule has 26 heavy (non-hydrogen) atoms. The van der Waals surface area contributed by atoms with Gasteiger partial charge in [0.1, 0.15) is 20.5 Å². The lowest BCUT2D eigenvalue weighted by Crippen LogP contribution is -1.97. The molecule has 140 valence electrons. The van der Waals surface area contributed by atoms with Gasteiger partial charge >= 0.3 is 0 Å². The molecule has 2 aliphatic carbocycles. The quantitative estimate of drug-likeness (QED) is 0.444. The van der Waals surface area contributed by atoms with E-state index >= 15 is 0 Å². The van der Waals surface area contributed by atoms with E-state index in [1.54, 1.807) is 15.8 Å². The number of aromatic nitrogens is 6. The summed E-state index contributed by atoms with van der Waals surface area (Å²) in [4.78, 5) is 11.3. The van der Waals surface area contributed by atoms with E-state index in [-0.39, 0.29) is 0 Å². The lowest BCUT2D eigenvalue weighted by molar-refractivity contribution is 0.549. The normalized spacial score (nSPS) is 18.3. The van der Waals surface area contributed by atoms with E-state index in [1.165, 1.54) is 25.7 Å². The fourth-order valence-electron chi connectivity index (χ4n) is 1.78. The van der Waals surface area contributed by atoms with Crippen LogP contribution in [0.1, 0.15) is 37.8 Å². The topological polar surface area (TPSA) is 86.1 Å². The SMILES string of the molecule is BrC1=NCN=C1Br.Brc1cnn(C2CC2)n1.Brc1nn(C2CC2)nc1Br. The van der Waals surface area contributed by atoms with Gasteiger partial charge < -0.3 is 0 Å². The third-order valence-corrected chi connectivity index (χ3v) is 7.12. The first kappa shape index (κ1) is 20.7. The largest absolute Gasteiger partial charge is 0.252 e. The van der Waals surface area contributed by atoms with Crippen molar-refractivity contribution in [1.82, 2.24) is 30.0 Å². The van der Waals surface area contributed by atoms with E-state index in [2.05, 4.69) is 110 Å². The van der Waals surface area contributed by atoms with Crippen molar-refractivity contribution in [3.05, 3.63) is 20.0 Å². The summed E-state index contributed by atoms with van der Waals surface area (Å²) in [6, 6.07) is 1.15. The second-order valence-corrected chi connectivity index (χ2v) is 9.41. The van der Waals surface area contributed by atoms with Gasteiger partial charge in [-0.1, -0.05) is 0 Å². The molecule has 13 heteroatoms. The maximum absolute atomic E-state index is 4.15. The molecule has 3 aliphatic rings. The van der Waals surface area contributed by atoms with E-state index < -0.39 is 0 Å². The van der Waals surface area contributed by atoms with Gasteiger partial charge in [-0.2, -0.15) is 14.7 Å². The minimum atomic E-state index is 0.557. The average Bonchev–Trinajstić information content (AvgIpc) is 3.53. The highest BCUT2D eigenvalue weighted by Crippen LogP contribution is 2.34. The molecule has 0 atom stereocenters. The number of hydrogen-bond acceptors (Lipinski definition) is 6. The molecule has 0 aromatic carbocycles. The first-order valence-corrected chi connectivity index (χ1v) is 11.7. The second-order valence-electron chi connectivity index (χ2n) is 5.59. The Morgan fingerprint density at radius 3 is 1.58 bits per heavy atom. The van der Waals surface area contributed by atoms with E-state index in [4.69, 9.17) is 0 Å². The summed E-state index contributed by atoms with van der Waals surface area (Å²) in [5.41, 5.74) is 0. The molecule has 2 aromatic rings. The van der Waals surface area contributed by atoms with Crippen LogP contribution in [0.25, 0.3) is 0 Å². The molecule has 8 nitrogen and oxygen atoms in total. The fraction of sp³-hybridized carbons (Fsp3) is 0.538. The molecule has 0 unspecified atom stereocenters. The maximum Gasteiger partial charge on any atom is 0.162 e. The number of aliphatic imine (C=N–C) groups is 2. The van der Waals surface area contributed by atoms with Crippen molar-refractivity contribution in [2.24, 2.45) is 9.98 Å². The molecule has 1 aliphatic heterocycles. The smallest absolute Gasteiger partial charge is 0.162 e. The number of hydrogen-bond donors (Lipinski definition) is 0. The van der Waals surface area contributed by atoms with Crippen LogP contribution in [0.3, 0.4) is 0 Å². The fourth-order valence-corrected chi connectivity index (χ4v) is 2.99. The zero-order valence-corrected chi connectivity index (χ0v) is 21.2. The predicted molar refractivity (Wildman–Crippen MR) is 117 cm³/mol. The van der Waals surface area contributed by atoms with Crippen molar-refractivity contribution in [1.29, 1.82) is 0 Å². The molecule has 2 aromatic heterocycles. The summed E-state index contributed by atoms with van der Waals surface area (Å²) in [6.07, 6.45) is 6.63. The summed E-state index contributed by atoms with van der Waals surface area (Å²) < 4.78 is 4.04. The highest BCUT2D eigenvalue weighted by molar-refractivity contribution is 9.25. The van der Waals surface area contributed by atoms with Crippen molar-refractivity contribution in [2.75, 3.05) is 6.67 Å². The van der Waals surface area contributed by atoms with Gasteiger partial charge in [-0.25, -0.2) is 0 Å². The van der Waals surface area contributed by atoms with Crippen molar-refractivity contribution in [3.8, 4) is 0 Å². The molecule has 2 fully saturated rings. The zero-order chi connectivity index (χ0) is 18.7. The van der Waals surface area contributed by atoms with Crippen molar-refractivity contribution < 1.29 is 0 Å².